The summed E-state index contributed by atoms with van der Waals surface area (Å²) >= 11 is 0. The Hall–Kier alpha value is -1.06. The van der Waals surface area contributed by atoms with Crippen LogP contribution in [0.25, 0.3) is 0 Å². The molecule has 3 heteroatoms. The molecule has 0 aromatic heterocycles. The first-order valence-electron chi connectivity index (χ1n) is 5.09. The van der Waals surface area contributed by atoms with E-state index >= 15 is 0 Å². The summed E-state index contributed by atoms with van der Waals surface area (Å²) < 4.78 is 0. The zero-order valence-corrected chi connectivity index (χ0v) is 8.37. The Labute approximate surface area is 84.7 Å². The first kappa shape index (κ1) is 9.49. The average Bonchev–Trinajstić information content (AvgIpc) is 2.19. The van der Waals surface area contributed by atoms with Crippen LogP contribution in [0.4, 0.5) is 5.69 Å². The summed E-state index contributed by atoms with van der Waals surface area (Å²) in [6.07, 6.45) is 1.10. The molecule has 1 aliphatic rings. The quantitative estimate of drug-likeness (QED) is 0.673. The molecule has 2 rings (SSSR count). The third-order valence-corrected chi connectivity index (χ3v) is 2.77. The van der Waals surface area contributed by atoms with E-state index in [2.05, 4.69) is 17.0 Å². The van der Waals surface area contributed by atoms with Crippen LogP contribution in [-0.4, -0.2) is 24.5 Å². The van der Waals surface area contributed by atoms with E-state index in [1.54, 1.807) is 0 Å². The van der Waals surface area contributed by atoms with Crippen molar-refractivity contribution in [1.82, 2.24) is 4.90 Å². The van der Waals surface area contributed by atoms with E-state index in [4.69, 9.17) is 11.5 Å². The monoisotopic (exact) mass is 191 g/mol. The van der Waals surface area contributed by atoms with Crippen LogP contribution in [0.3, 0.4) is 0 Å². The molecule has 1 aliphatic heterocycles. The maximum Gasteiger partial charge on any atom is 0.0316 e. The number of nitrogen functional groups attached to an aromatic ring is 1. The molecule has 0 radical (unpaired) electrons. The normalized spacial score (nSPS) is 16.6. The van der Waals surface area contributed by atoms with Gasteiger partial charge in [0.25, 0.3) is 0 Å². The average molecular weight is 191 g/mol. The van der Waals surface area contributed by atoms with Gasteiger partial charge in [-0.05, 0) is 29.7 Å². The van der Waals surface area contributed by atoms with Gasteiger partial charge in [0.1, 0.15) is 0 Å². The molecule has 1 aromatic carbocycles. The standard InChI is InChI=1S/C11H17N3/c12-4-6-14-5-3-9-7-11(13)2-1-10(9)8-14/h1-2,7H,3-6,8,12-13H2. The van der Waals surface area contributed by atoms with E-state index in [-0.39, 0.29) is 0 Å². The van der Waals surface area contributed by atoms with Gasteiger partial charge in [0.15, 0.2) is 0 Å². The third-order valence-electron chi connectivity index (χ3n) is 2.77. The molecule has 3 nitrogen and oxygen atoms in total. The molecule has 0 aliphatic carbocycles. The number of hydrogen-bond donors (Lipinski definition) is 2. The lowest BCUT2D eigenvalue weighted by Gasteiger charge is -2.28. The molecule has 76 valence electrons. The van der Waals surface area contributed by atoms with Gasteiger partial charge >= 0.3 is 0 Å². The van der Waals surface area contributed by atoms with Crippen molar-refractivity contribution in [2.75, 3.05) is 25.4 Å². The Balaban J connectivity index is 2.15. The van der Waals surface area contributed by atoms with Crippen molar-refractivity contribution in [2.24, 2.45) is 5.73 Å². The van der Waals surface area contributed by atoms with Crippen molar-refractivity contribution in [2.45, 2.75) is 13.0 Å². The number of hydrogen-bond acceptors (Lipinski definition) is 3. The van der Waals surface area contributed by atoms with Crippen molar-refractivity contribution >= 4 is 5.69 Å². The minimum Gasteiger partial charge on any atom is -0.399 e. The van der Waals surface area contributed by atoms with Crippen molar-refractivity contribution in [3.05, 3.63) is 29.3 Å². The second-order valence-electron chi connectivity index (χ2n) is 3.84. The van der Waals surface area contributed by atoms with Crippen LogP contribution in [0.2, 0.25) is 0 Å². The second-order valence-corrected chi connectivity index (χ2v) is 3.84. The third kappa shape index (κ3) is 1.89. The second kappa shape index (κ2) is 3.98. The Morgan fingerprint density at radius 3 is 2.93 bits per heavy atom. The fourth-order valence-corrected chi connectivity index (χ4v) is 2.00. The molecule has 0 unspecified atom stereocenters. The zero-order valence-electron chi connectivity index (χ0n) is 8.37. The van der Waals surface area contributed by atoms with Crippen LogP contribution in [0.1, 0.15) is 11.1 Å². The van der Waals surface area contributed by atoms with E-state index in [0.717, 1.165) is 38.3 Å². The lowest BCUT2D eigenvalue weighted by molar-refractivity contribution is 0.261. The molecular weight excluding hydrogens is 174 g/mol. The van der Waals surface area contributed by atoms with Crippen molar-refractivity contribution < 1.29 is 0 Å². The fraction of sp³-hybridized carbons (Fsp3) is 0.455. The van der Waals surface area contributed by atoms with E-state index in [0.29, 0.717) is 0 Å². The van der Waals surface area contributed by atoms with Crippen LogP contribution in [0.15, 0.2) is 18.2 Å². The summed E-state index contributed by atoms with van der Waals surface area (Å²) in [6.45, 7) is 3.86. The summed E-state index contributed by atoms with van der Waals surface area (Å²) in [4.78, 5) is 2.39. The minimum absolute atomic E-state index is 0.740. The molecular formula is C11H17N3. The topological polar surface area (TPSA) is 55.3 Å². The number of nitrogens with zero attached hydrogens (tertiary/aromatic N) is 1. The molecule has 1 aromatic rings. The van der Waals surface area contributed by atoms with Crippen LogP contribution in [-0.2, 0) is 13.0 Å². The molecule has 1 heterocycles. The molecule has 14 heavy (non-hydrogen) atoms. The summed E-state index contributed by atoms with van der Waals surface area (Å²) in [7, 11) is 0. The molecule has 0 amide bonds. The van der Waals surface area contributed by atoms with Gasteiger partial charge in [-0.3, -0.25) is 4.90 Å². The highest BCUT2D eigenvalue weighted by molar-refractivity contribution is 5.45. The maximum absolute atomic E-state index is 5.74. The highest BCUT2D eigenvalue weighted by Crippen LogP contribution is 2.20. The fourth-order valence-electron chi connectivity index (χ4n) is 2.00. The van der Waals surface area contributed by atoms with Crippen LogP contribution in [0, 0.1) is 0 Å². The van der Waals surface area contributed by atoms with Gasteiger partial charge in [-0.25, -0.2) is 0 Å². The van der Waals surface area contributed by atoms with Gasteiger partial charge in [0.05, 0.1) is 0 Å². The van der Waals surface area contributed by atoms with Crippen molar-refractivity contribution in [3.63, 3.8) is 0 Å². The molecule has 0 spiro atoms. The first-order valence-corrected chi connectivity index (χ1v) is 5.09. The Bertz CT molecular complexity index is 322. The Kier molecular flexibility index (Phi) is 2.70. The smallest absolute Gasteiger partial charge is 0.0316 e. The number of fused-ring (bicyclic) bond motifs is 1. The first-order chi connectivity index (χ1) is 6.79. The molecule has 0 atom stereocenters. The highest BCUT2D eigenvalue weighted by Gasteiger charge is 2.14. The number of rotatable bonds is 2. The summed E-state index contributed by atoms with van der Waals surface area (Å²) in [5.41, 5.74) is 15.0. The number of nitrogens with two attached hydrogens (primary N) is 2. The zero-order chi connectivity index (χ0) is 9.97. The highest BCUT2D eigenvalue weighted by atomic mass is 15.1. The van der Waals surface area contributed by atoms with Crippen LogP contribution in [0.5, 0.6) is 0 Å². The lowest BCUT2D eigenvalue weighted by Crippen LogP contribution is -2.34. The van der Waals surface area contributed by atoms with Crippen LogP contribution >= 0.6 is 0 Å². The molecule has 0 saturated carbocycles. The maximum atomic E-state index is 5.74. The minimum atomic E-state index is 0.740. The molecule has 0 fully saturated rings. The predicted molar refractivity (Wildman–Crippen MR) is 58.9 cm³/mol. The van der Waals surface area contributed by atoms with Crippen LogP contribution < -0.4 is 11.5 Å². The number of benzene rings is 1. The van der Waals surface area contributed by atoms with Gasteiger partial charge < -0.3 is 11.5 Å². The Morgan fingerprint density at radius 2 is 2.14 bits per heavy atom. The molecule has 4 N–H and O–H groups in total. The Morgan fingerprint density at radius 1 is 1.29 bits per heavy atom. The van der Waals surface area contributed by atoms with Gasteiger partial charge in [-0.1, -0.05) is 6.07 Å². The predicted octanol–water partition coefficient (Wildman–Crippen LogP) is 0.586. The van der Waals surface area contributed by atoms with E-state index in [1.807, 2.05) is 6.07 Å². The van der Waals surface area contributed by atoms with Gasteiger partial charge in [-0.2, -0.15) is 0 Å². The van der Waals surface area contributed by atoms with E-state index in [9.17, 15) is 0 Å². The summed E-state index contributed by atoms with van der Waals surface area (Å²) in [6, 6.07) is 6.20. The van der Waals surface area contributed by atoms with Gasteiger partial charge in [0.2, 0.25) is 0 Å². The molecule has 0 saturated heterocycles. The van der Waals surface area contributed by atoms with E-state index < -0.39 is 0 Å². The summed E-state index contributed by atoms with van der Waals surface area (Å²) in [5, 5.41) is 0. The largest absolute Gasteiger partial charge is 0.399 e. The summed E-state index contributed by atoms with van der Waals surface area (Å²) in [5.74, 6) is 0. The number of anilines is 1. The van der Waals surface area contributed by atoms with E-state index in [1.165, 1.54) is 11.1 Å². The van der Waals surface area contributed by atoms with Crippen molar-refractivity contribution in [1.29, 1.82) is 0 Å². The van der Waals surface area contributed by atoms with Gasteiger partial charge in [0, 0.05) is 31.9 Å². The SMILES string of the molecule is NCCN1CCc2cc(N)ccc2C1. The van der Waals surface area contributed by atoms with Gasteiger partial charge in [-0.15, -0.1) is 0 Å². The lowest BCUT2D eigenvalue weighted by atomic mass is 9.99. The van der Waals surface area contributed by atoms with Crippen molar-refractivity contribution in [3.8, 4) is 0 Å². The molecule has 0 bridgehead atoms.